The number of hydrogen-bond acceptors (Lipinski definition) is 7. The summed E-state index contributed by atoms with van der Waals surface area (Å²) in [5.41, 5.74) is -1.64. The number of esters is 1. The van der Waals surface area contributed by atoms with E-state index in [0.717, 1.165) is 4.90 Å². The number of hydrogen-bond donors (Lipinski definition) is 2. The number of nitrogens with one attached hydrogen (secondary N) is 1. The van der Waals surface area contributed by atoms with Gasteiger partial charge in [0.15, 0.2) is 0 Å². The normalized spacial score (nSPS) is 25.7. The number of β-lactam (4-membered cyclic amide) rings is 1. The molecule has 9 nitrogen and oxygen atoms in total. The van der Waals surface area contributed by atoms with Gasteiger partial charge in [-0.2, -0.15) is 0 Å². The molecule has 2 amide bonds. The standard InChI is InChI=1S/C13H15ClN2O7S/c1-6(17)23-4-7-5-24-12-13(22-2,15-8(18)3-14)11(21)16(12)9(7)10(19)20/h12H,3-5H2,1-2H3,(H,15,18)(H,19,20)/t12-,13-/m0/s1. The summed E-state index contributed by atoms with van der Waals surface area (Å²) in [5.74, 6) is -3.39. The van der Waals surface area contributed by atoms with Crippen molar-refractivity contribution in [1.82, 2.24) is 10.2 Å². The van der Waals surface area contributed by atoms with Gasteiger partial charge in [-0.3, -0.25) is 19.3 Å². The summed E-state index contributed by atoms with van der Waals surface area (Å²) in [6.07, 6.45) is 0. The summed E-state index contributed by atoms with van der Waals surface area (Å²) in [5, 5.41) is 11.1. The number of halogens is 1. The summed E-state index contributed by atoms with van der Waals surface area (Å²) >= 11 is 6.63. The number of carboxylic acid groups (broad SMARTS) is 1. The van der Waals surface area contributed by atoms with Crippen LogP contribution >= 0.6 is 23.4 Å². The zero-order chi connectivity index (χ0) is 18.1. The monoisotopic (exact) mass is 378 g/mol. The second-order valence-electron chi connectivity index (χ2n) is 5.00. The van der Waals surface area contributed by atoms with Crippen molar-refractivity contribution >= 4 is 47.1 Å². The number of alkyl halides is 1. The average molecular weight is 379 g/mol. The Bertz CT molecular complexity index is 638. The highest BCUT2D eigenvalue weighted by Crippen LogP contribution is 2.46. The van der Waals surface area contributed by atoms with E-state index in [1.54, 1.807) is 0 Å². The first-order chi connectivity index (χ1) is 11.3. The fraction of sp³-hybridized carbons (Fsp3) is 0.538. The third-order valence-electron chi connectivity index (χ3n) is 3.53. The second-order valence-corrected chi connectivity index (χ2v) is 6.33. The molecule has 1 fully saturated rings. The molecule has 2 heterocycles. The zero-order valence-electron chi connectivity index (χ0n) is 12.8. The Balaban J connectivity index is 2.32. The molecule has 0 aromatic carbocycles. The highest BCUT2D eigenvalue weighted by atomic mass is 35.5. The first-order valence-corrected chi connectivity index (χ1v) is 8.32. The van der Waals surface area contributed by atoms with Crippen molar-refractivity contribution < 1.29 is 33.8 Å². The first kappa shape index (κ1) is 18.6. The Hall–Kier alpha value is -1.78. The third-order valence-corrected chi connectivity index (χ3v) is 5.15. The van der Waals surface area contributed by atoms with Crippen LogP contribution in [-0.2, 0) is 28.7 Å². The number of fused-ring (bicyclic) bond motifs is 1. The van der Waals surface area contributed by atoms with Crippen molar-refractivity contribution in [3.05, 3.63) is 11.3 Å². The molecule has 0 unspecified atom stereocenters. The lowest BCUT2D eigenvalue weighted by molar-refractivity contribution is -0.192. The molecule has 0 aromatic heterocycles. The molecule has 2 aliphatic heterocycles. The van der Waals surface area contributed by atoms with Gasteiger partial charge in [0.25, 0.3) is 11.6 Å². The minimum absolute atomic E-state index is 0.200. The van der Waals surface area contributed by atoms with Gasteiger partial charge < -0.3 is 19.9 Å². The third kappa shape index (κ3) is 2.96. The van der Waals surface area contributed by atoms with E-state index >= 15 is 0 Å². The van der Waals surface area contributed by atoms with Crippen LogP contribution in [0.15, 0.2) is 11.3 Å². The SMILES string of the molecule is CO[C@@]1(NC(=O)CCl)C(=O)N2C(C(=O)O)=C(COC(C)=O)CS[C@H]21. The second kappa shape index (κ2) is 6.99. The summed E-state index contributed by atoms with van der Waals surface area (Å²) in [6.45, 7) is 0.973. The van der Waals surface area contributed by atoms with Crippen LogP contribution in [-0.4, -0.2) is 70.2 Å². The molecule has 2 rings (SSSR count). The van der Waals surface area contributed by atoms with E-state index in [1.807, 2.05) is 0 Å². The summed E-state index contributed by atoms with van der Waals surface area (Å²) < 4.78 is 10.0. The molecule has 1 saturated heterocycles. The van der Waals surface area contributed by atoms with Crippen LogP contribution in [0.4, 0.5) is 0 Å². The van der Waals surface area contributed by atoms with E-state index < -0.39 is 34.9 Å². The molecule has 132 valence electrons. The molecule has 11 heteroatoms. The molecule has 0 spiro atoms. The van der Waals surface area contributed by atoms with Crippen LogP contribution in [0.5, 0.6) is 0 Å². The number of carbonyl (C=O) groups is 4. The van der Waals surface area contributed by atoms with Gasteiger partial charge >= 0.3 is 11.9 Å². The zero-order valence-corrected chi connectivity index (χ0v) is 14.4. The number of ether oxygens (including phenoxy) is 2. The highest BCUT2D eigenvalue weighted by Gasteiger charge is 2.66. The van der Waals surface area contributed by atoms with Crippen molar-refractivity contribution in [3.63, 3.8) is 0 Å². The van der Waals surface area contributed by atoms with Crippen molar-refractivity contribution in [2.75, 3.05) is 25.3 Å². The van der Waals surface area contributed by atoms with Gasteiger partial charge in [0.1, 0.15) is 23.6 Å². The Kier molecular flexibility index (Phi) is 5.41. The molecule has 2 aliphatic rings. The fourth-order valence-electron chi connectivity index (χ4n) is 2.48. The van der Waals surface area contributed by atoms with Crippen LogP contribution in [0.3, 0.4) is 0 Å². The lowest BCUT2D eigenvalue weighted by Crippen LogP contribution is -2.80. The Morgan fingerprint density at radius 1 is 1.50 bits per heavy atom. The lowest BCUT2D eigenvalue weighted by Gasteiger charge is -2.55. The van der Waals surface area contributed by atoms with Gasteiger partial charge in [0.2, 0.25) is 5.91 Å². The topological polar surface area (TPSA) is 122 Å². The minimum atomic E-state index is -1.66. The number of amides is 2. The van der Waals surface area contributed by atoms with Crippen molar-refractivity contribution in [2.45, 2.75) is 18.0 Å². The van der Waals surface area contributed by atoms with E-state index in [0.29, 0.717) is 5.57 Å². The lowest BCUT2D eigenvalue weighted by atomic mass is 9.98. The number of aliphatic carboxylic acids is 1. The van der Waals surface area contributed by atoms with Gasteiger partial charge in [0, 0.05) is 25.4 Å². The maximum absolute atomic E-state index is 12.5. The quantitative estimate of drug-likeness (QED) is 0.274. The van der Waals surface area contributed by atoms with Crippen molar-refractivity contribution in [3.8, 4) is 0 Å². The number of methoxy groups -OCH3 is 1. The maximum Gasteiger partial charge on any atom is 0.352 e. The van der Waals surface area contributed by atoms with Gasteiger partial charge in [-0.1, -0.05) is 0 Å². The van der Waals surface area contributed by atoms with Crippen molar-refractivity contribution in [1.29, 1.82) is 0 Å². The van der Waals surface area contributed by atoms with Crippen molar-refractivity contribution in [2.24, 2.45) is 0 Å². The summed E-state index contributed by atoms with van der Waals surface area (Å²) in [4.78, 5) is 47.6. The Labute approximate surface area is 146 Å². The summed E-state index contributed by atoms with van der Waals surface area (Å²) in [7, 11) is 1.24. The van der Waals surface area contributed by atoms with Gasteiger partial charge in [0.05, 0.1) is 0 Å². The minimum Gasteiger partial charge on any atom is -0.477 e. The molecule has 2 atom stereocenters. The van der Waals surface area contributed by atoms with Crippen LogP contribution in [0.1, 0.15) is 6.92 Å². The molecule has 24 heavy (non-hydrogen) atoms. The molecular weight excluding hydrogens is 364 g/mol. The predicted molar refractivity (Wildman–Crippen MR) is 83.0 cm³/mol. The maximum atomic E-state index is 12.5. The van der Waals surface area contributed by atoms with Gasteiger partial charge in [-0.25, -0.2) is 4.79 Å². The number of carbonyl (C=O) groups excluding carboxylic acids is 3. The molecule has 0 aromatic rings. The van der Waals surface area contributed by atoms with E-state index in [-0.39, 0.29) is 23.9 Å². The Morgan fingerprint density at radius 3 is 2.67 bits per heavy atom. The number of nitrogens with zero attached hydrogens (tertiary/aromatic N) is 1. The average Bonchev–Trinajstić information content (AvgIpc) is 2.55. The van der Waals surface area contributed by atoms with Gasteiger partial charge in [-0.05, 0) is 0 Å². The van der Waals surface area contributed by atoms with Crippen LogP contribution in [0.2, 0.25) is 0 Å². The molecular formula is C13H15ClN2O7S. The number of rotatable bonds is 6. The molecule has 2 N–H and O–H groups in total. The molecule has 0 radical (unpaired) electrons. The highest BCUT2D eigenvalue weighted by molar-refractivity contribution is 8.00. The molecule has 0 saturated carbocycles. The van der Waals surface area contributed by atoms with E-state index in [1.165, 1.54) is 25.8 Å². The number of carboxylic acids is 1. The van der Waals surface area contributed by atoms with E-state index in [2.05, 4.69) is 5.32 Å². The van der Waals surface area contributed by atoms with E-state index in [4.69, 9.17) is 21.1 Å². The smallest absolute Gasteiger partial charge is 0.352 e. The van der Waals surface area contributed by atoms with E-state index in [9.17, 15) is 24.3 Å². The van der Waals surface area contributed by atoms with Gasteiger partial charge in [-0.15, -0.1) is 23.4 Å². The summed E-state index contributed by atoms with van der Waals surface area (Å²) in [6, 6.07) is 0. The Morgan fingerprint density at radius 2 is 2.17 bits per heavy atom. The number of thioether (sulfide) groups is 1. The first-order valence-electron chi connectivity index (χ1n) is 6.74. The largest absolute Gasteiger partial charge is 0.477 e. The van der Waals surface area contributed by atoms with Crippen LogP contribution < -0.4 is 5.32 Å². The van der Waals surface area contributed by atoms with Crippen LogP contribution in [0.25, 0.3) is 0 Å². The fourth-order valence-corrected chi connectivity index (χ4v) is 3.97. The predicted octanol–water partition coefficient (Wildman–Crippen LogP) is -0.499. The van der Waals surface area contributed by atoms with Crippen LogP contribution in [0, 0.1) is 0 Å². The molecule has 0 bridgehead atoms. The molecule has 0 aliphatic carbocycles.